The first kappa shape index (κ1) is 20.9. The summed E-state index contributed by atoms with van der Waals surface area (Å²) in [6.07, 6.45) is 1.67. The van der Waals surface area contributed by atoms with Crippen molar-refractivity contribution in [2.24, 2.45) is 0 Å². The van der Waals surface area contributed by atoms with Crippen LogP contribution in [0.3, 0.4) is 0 Å². The van der Waals surface area contributed by atoms with Gasteiger partial charge in [0.1, 0.15) is 0 Å². The minimum atomic E-state index is -3.39. The lowest BCUT2D eigenvalue weighted by atomic mass is 10.1. The molecule has 0 bridgehead atoms. The number of ether oxygens (including phenoxy) is 1. The third-order valence-electron chi connectivity index (χ3n) is 4.95. The lowest BCUT2D eigenvalue weighted by Crippen LogP contribution is -2.34. The van der Waals surface area contributed by atoms with Crippen LogP contribution in [0.25, 0.3) is 0 Å². The van der Waals surface area contributed by atoms with Gasteiger partial charge in [-0.25, -0.2) is 13.2 Å². The maximum atomic E-state index is 12.3. The van der Waals surface area contributed by atoms with Crippen LogP contribution >= 0.6 is 0 Å². The molecule has 1 atom stereocenters. The molecular weight excluding hydrogens is 392 g/mol. The molecule has 154 valence electrons. The number of carbonyl (C=O) groups is 2. The van der Waals surface area contributed by atoms with E-state index in [1.807, 2.05) is 32.9 Å². The first-order chi connectivity index (χ1) is 13.6. The van der Waals surface area contributed by atoms with Crippen molar-refractivity contribution < 1.29 is 22.7 Å². The van der Waals surface area contributed by atoms with Crippen molar-refractivity contribution in [2.45, 2.75) is 33.2 Å². The van der Waals surface area contributed by atoms with Gasteiger partial charge in [-0.1, -0.05) is 6.07 Å². The second kappa shape index (κ2) is 7.87. The zero-order chi connectivity index (χ0) is 21.3. The normalized spacial score (nSPS) is 15.7. The van der Waals surface area contributed by atoms with Gasteiger partial charge in [-0.2, -0.15) is 0 Å². The molecule has 1 amide bonds. The van der Waals surface area contributed by atoms with Crippen LogP contribution in [0.15, 0.2) is 36.4 Å². The van der Waals surface area contributed by atoms with E-state index in [9.17, 15) is 18.0 Å². The summed E-state index contributed by atoms with van der Waals surface area (Å²) in [7, 11) is -3.39. The van der Waals surface area contributed by atoms with E-state index in [1.165, 1.54) is 10.4 Å². The minimum Gasteiger partial charge on any atom is -0.452 e. The summed E-state index contributed by atoms with van der Waals surface area (Å²) in [6, 6.07) is 10.1. The van der Waals surface area contributed by atoms with Crippen molar-refractivity contribution in [1.82, 2.24) is 0 Å². The van der Waals surface area contributed by atoms with E-state index in [4.69, 9.17) is 4.74 Å². The fourth-order valence-electron chi connectivity index (χ4n) is 3.47. The Bertz CT molecular complexity index is 1080. The number of hydrogen-bond acceptors (Lipinski definition) is 5. The number of amides is 1. The molecule has 1 N–H and O–H groups in total. The summed E-state index contributed by atoms with van der Waals surface area (Å²) >= 11 is 0. The van der Waals surface area contributed by atoms with Crippen LogP contribution in [0, 0.1) is 13.8 Å². The van der Waals surface area contributed by atoms with Crippen molar-refractivity contribution in [3.8, 4) is 0 Å². The molecule has 0 aliphatic carbocycles. The quantitative estimate of drug-likeness (QED) is 0.757. The third kappa shape index (κ3) is 4.59. The van der Waals surface area contributed by atoms with Gasteiger partial charge < -0.3 is 10.1 Å². The molecule has 3 rings (SSSR count). The van der Waals surface area contributed by atoms with Crippen LogP contribution in [0.2, 0.25) is 0 Å². The summed E-state index contributed by atoms with van der Waals surface area (Å²) in [6.45, 7) is 5.34. The van der Waals surface area contributed by atoms with Gasteiger partial charge in [-0.15, -0.1) is 0 Å². The van der Waals surface area contributed by atoms with Crippen LogP contribution < -0.4 is 9.62 Å². The molecule has 1 unspecified atom stereocenters. The number of anilines is 2. The summed E-state index contributed by atoms with van der Waals surface area (Å²) in [4.78, 5) is 24.4. The fourth-order valence-corrected chi connectivity index (χ4v) is 4.73. The topological polar surface area (TPSA) is 92.8 Å². The highest BCUT2D eigenvalue weighted by Crippen LogP contribution is 2.34. The highest BCUT2D eigenvalue weighted by Gasteiger charge is 2.32. The van der Waals surface area contributed by atoms with Crippen molar-refractivity contribution in [1.29, 1.82) is 0 Å². The molecule has 29 heavy (non-hydrogen) atoms. The Labute approximate surface area is 170 Å². The zero-order valence-electron chi connectivity index (χ0n) is 16.9. The van der Waals surface area contributed by atoms with E-state index >= 15 is 0 Å². The van der Waals surface area contributed by atoms with Crippen molar-refractivity contribution >= 4 is 33.3 Å². The van der Waals surface area contributed by atoms with Gasteiger partial charge in [0.25, 0.3) is 5.91 Å². The van der Waals surface area contributed by atoms with E-state index in [1.54, 1.807) is 18.2 Å². The Morgan fingerprint density at radius 2 is 1.86 bits per heavy atom. The van der Waals surface area contributed by atoms with Crippen LogP contribution in [-0.2, 0) is 26.0 Å². The van der Waals surface area contributed by atoms with Crippen molar-refractivity contribution in [3.05, 3.63) is 58.7 Å². The number of fused-ring (bicyclic) bond motifs is 1. The highest BCUT2D eigenvalue weighted by atomic mass is 32.2. The van der Waals surface area contributed by atoms with Crippen LogP contribution in [0.1, 0.15) is 34.0 Å². The number of nitrogens with one attached hydrogen (secondary N) is 1. The molecule has 1 aliphatic heterocycles. The smallest absolute Gasteiger partial charge is 0.338 e. The van der Waals surface area contributed by atoms with Crippen molar-refractivity contribution in [2.75, 3.05) is 22.5 Å². The van der Waals surface area contributed by atoms with E-state index in [0.29, 0.717) is 17.8 Å². The Kier molecular flexibility index (Phi) is 5.66. The van der Waals surface area contributed by atoms with Crippen molar-refractivity contribution in [3.63, 3.8) is 0 Å². The van der Waals surface area contributed by atoms with Gasteiger partial charge in [-0.05, 0) is 74.2 Å². The lowest BCUT2D eigenvalue weighted by molar-refractivity contribution is -0.119. The Morgan fingerprint density at radius 1 is 1.14 bits per heavy atom. The van der Waals surface area contributed by atoms with Crippen LogP contribution in [0.5, 0.6) is 0 Å². The van der Waals surface area contributed by atoms with Gasteiger partial charge in [0, 0.05) is 11.7 Å². The van der Waals surface area contributed by atoms with Crippen LogP contribution in [0.4, 0.5) is 11.4 Å². The summed E-state index contributed by atoms with van der Waals surface area (Å²) in [5.41, 5.74) is 4.43. The number of esters is 1. The second-order valence-corrected chi connectivity index (χ2v) is 9.24. The summed E-state index contributed by atoms with van der Waals surface area (Å²) in [5, 5.41) is 2.70. The monoisotopic (exact) mass is 416 g/mol. The average molecular weight is 416 g/mol. The Balaban J connectivity index is 1.64. The van der Waals surface area contributed by atoms with Gasteiger partial charge in [0.2, 0.25) is 10.0 Å². The molecule has 2 aromatic carbocycles. The average Bonchev–Trinajstić information content (AvgIpc) is 2.97. The van der Waals surface area contributed by atoms with E-state index in [0.717, 1.165) is 22.9 Å². The standard InChI is InChI=1S/C21H24N2O5S/c1-13-5-7-18(9-14(13)2)22-20(24)12-28-21(25)16-6-8-19-17(11-16)10-15(3)23(19)29(4,26)27/h5-9,11,15H,10,12H2,1-4H3,(H,22,24). The first-order valence-electron chi connectivity index (χ1n) is 9.23. The Hall–Kier alpha value is -2.87. The van der Waals surface area contributed by atoms with Gasteiger partial charge in [0.15, 0.2) is 6.61 Å². The molecule has 0 aromatic heterocycles. The van der Waals surface area contributed by atoms with E-state index in [-0.39, 0.29) is 11.6 Å². The molecule has 8 heteroatoms. The maximum Gasteiger partial charge on any atom is 0.338 e. The third-order valence-corrected chi connectivity index (χ3v) is 6.22. The summed E-state index contributed by atoms with van der Waals surface area (Å²) < 4.78 is 30.4. The molecule has 1 heterocycles. The number of nitrogens with zero attached hydrogens (tertiary/aromatic N) is 1. The minimum absolute atomic E-state index is 0.213. The SMILES string of the molecule is Cc1ccc(NC(=O)COC(=O)c2ccc3c(c2)CC(C)N3S(C)(=O)=O)cc1C. The largest absolute Gasteiger partial charge is 0.452 e. The molecule has 0 saturated carbocycles. The molecule has 0 spiro atoms. The number of hydrogen-bond donors (Lipinski definition) is 1. The molecule has 0 saturated heterocycles. The number of benzene rings is 2. The lowest BCUT2D eigenvalue weighted by Gasteiger charge is -2.21. The fraction of sp³-hybridized carbons (Fsp3) is 0.333. The van der Waals surface area contributed by atoms with E-state index < -0.39 is 28.5 Å². The number of aryl methyl sites for hydroxylation is 2. The zero-order valence-corrected chi connectivity index (χ0v) is 17.7. The molecule has 1 aliphatic rings. The van der Waals surface area contributed by atoms with Gasteiger partial charge in [0.05, 0.1) is 17.5 Å². The predicted octanol–water partition coefficient (Wildman–Crippen LogP) is 2.81. The maximum absolute atomic E-state index is 12.3. The van der Waals surface area contributed by atoms with Crippen LogP contribution in [-0.4, -0.2) is 39.2 Å². The highest BCUT2D eigenvalue weighted by molar-refractivity contribution is 7.92. The number of sulfonamides is 1. The Morgan fingerprint density at radius 3 is 2.52 bits per heavy atom. The number of carbonyl (C=O) groups excluding carboxylic acids is 2. The first-order valence-corrected chi connectivity index (χ1v) is 11.1. The molecule has 2 aromatic rings. The molecule has 7 nitrogen and oxygen atoms in total. The van der Waals surface area contributed by atoms with Gasteiger partial charge in [-0.3, -0.25) is 9.10 Å². The second-order valence-electron chi connectivity index (χ2n) is 7.38. The van der Waals surface area contributed by atoms with Gasteiger partial charge >= 0.3 is 5.97 Å². The number of rotatable bonds is 5. The van der Waals surface area contributed by atoms with E-state index in [2.05, 4.69) is 5.32 Å². The molecule has 0 radical (unpaired) electrons. The summed E-state index contributed by atoms with van der Waals surface area (Å²) in [5.74, 6) is -1.06. The predicted molar refractivity (Wildman–Crippen MR) is 112 cm³/mol. The molecule has 0 fully saturated rings. The molecular formula is C21H24N2O5S.